The molecule has 0 amide bonds. The third-order valence-corrected chi connectivity index (χ3v) is 5.20. The summed E-state index contributed by atoms with van der Waals surface area (Å²) >= 11 is 12.7. The monoisotopic (exact) mass is 481 g/mol. The molecule has 164 valence electrons. The number of rotatable bonds is 4. The summed E-state index contributed by atoms with van der Waals surface area (Å²) in [5.74, 6) is 0.371. The molecule has 2 aromatic heterocycles. The summed E-state index contributed by atoms with van der Waals surface area (Å²) < 4.78 is 8.07. The lowest BCUT2D eigenvalue weighted by molar-refractivity contribution is 0.478. The van der Waals surface area contributed by atoms with Crippen molar-refractivity contribution in [3.8, 4) is 28.9 Å². The van der Waals surface area contributed by atoms with Crippen LogP contribution in [-0.2, 0) is 0 Å². The van der Waals surface area contributed by atoms with Gasteiger partial charge in [0, 0.05) is 6.07 Å². The van der Waals surface area contributed by atoms with Gasteiger partial charge in [-0.3, -0.25) is 19.1 Å². The van der Waals surface area contributed by atoms with Crippen molar-refractivity contribution in [3.05, 3.63) is 107 Å². The third kappa shape index (κ3) is 4.30. The van der Waals surface area contributed by atoms with Crippen LogP contribution >= 0.6 is 23.2 Å². The Kier molecular flexibility index (Phi) is 5.87. The van der Waals surface area contributed by atoms with E-state index in [4.69, 9.17) is 33.2 Å². The normalized spacial score (nSPS) is 10.6. The summed E-state index contributed by atoms with van der Waals surface area (Å²) in [6.45, 7) is 1.88. The molecule has 0 atom stereocenters. The first kappa shape index (κ1) is 22.1. The first-order chi connectivity index (χ1) is 15.8. The Morgan fingerprint density at radius 1 is 1.06 bits per heavy atom. The van der Waals surface area contributed by atoms with Crippen molar-refractivity contribution in [2.24, 2.45) is 0 Å². The SMILES string of the molecule is Cc1ccccc1-n1cc(Oc2c(Cl)cc(-n3nc(C#N)c(=O)[nH]c3=O)cc2Cl)ccc1=O. The molecule has 0 radical (unpaired) electrons. The van der Waals surface area contributed by atoms with Gasteiger partial charge in [-0.25, -0.2) is 4.79 Å². The molecular weight excluding hydrogens is 469 g/mol. The van der Waals surface area contributed by atoms with Crippen LogP contribution in [0.4, 0.5) is 0 Å². The molecule has 0 fully saturated rings. The zero-order chi connectivity index (χ0) is 23.7. The van der Waals surface area contributed by atoms with Crippen LogP contribution in [-0.4, -0.2) is 19.3 Å². The van der Waals surface area contributed by atoms with Crippen molar-refractivity contribution in [2.45, 2.75) is 6.92 Å². The van der Waals surface area contributed by atoms with Crippen molar-refractivity contribution in [3.63, 3.8) is 0 Å². The summed E-state index contributed by atoms with van der Waals surface area (Å²) in [6, 6.07) is 14.5. The van der Waals surface area contributed by atoms with Crippen LogP contribution in [0.15, 0.2) is 69.1 Å². The Labute approximate surface area is 195 Å². The summed E-state index contributed by atoms with van der Waals surface area (Å²) in [5, 5.41) is 12.8. The number of aromatic amines is 1. The molecule has 9 nitrogen and oxygen atoms in total. The molecule has 0 bridgehead atoms. The van der Waals surface area contributed by atoms with E-state index < -0.39 is 16.9 Å². The van der Waals surface area contributed by atoms with Gasteiger partial charge in [-0.05, 0) is 36.8 Å². The van der Waals surface area contributed by atoms with Gasteiger partial charge in [0.15, 0.2) is 5.75 Å². The number of nitriles is 1. The number of hydrogen-bond donors (Lipinski definition) is 1. The maximum Gasteiger partial charge on any atom is 0.349 e. The van der Waals surface area contributed by atoms with Crippen molar-refractivity contribution in [1.82, 2.24) is 19.3 Å². The molecule has 0 aliphatic rings. The first-order valence-corrected chi connectivity index (χ1v) is 10.1. The second-order valence-corrected chi connectivity index (χ2v) is 7.65. The zero-order valence-electron chi connectivity index (χ0n) is 16.9. The molecular formula is C22H13Cl2N5O4. The van der Waals surface area contributed by atoms with Gasteiger partial charge in [-0.2, -0.15) is 9.94 Å². The number of aryl methyl sites for hydroxylation is 1. The maximum absolute atomic E-state index is 12.4. The highest BCUT2D eigenvalue weighted by Gasteiger charge is 2.16. The second-order valence-electron chi connectivity index (χ2n) is 6.83. The van der Waals surface area contributed by atoms with E-state index in [0.29, 0.717) is 11.4 Å². The summed E-state index contributed by atoms with van der Waals surface area (Å²) in [4.78, 5) is 38.1. The maximum atomic E-state index is 12.4. The highest BCUT2D eigenvalue weighted by atomic mass is 35.5. The lowest BCUT2D eigenvalue weighted by atomic mass is 10.2. The molecule has 0 saturated heterocycles. The molecule has 2 aromatic carbocycles. The number of hydrogen-bond acceptors (Lipinski definition) is 6. The van der Waals surface area contributed by atoms with Crippen LogP contribution in [0, 0.1) is 18.3 Å². The molecule has 0 unspecified atom stereocenters. The fraction of sp³-hybridized carbons (Fsp3) is 0.0455. The Morgan fingerprint density at radius 2 is 1.76 bits per heavy atom. The number of ether oxygens (including phenoxy) is 1. The Hall–Kier alpha value is -4.13. The molecule has 11 heteroatoms. The van der Waals surface area contributed by atoms with E-state index in [1.807, 2.05) is 30.1 Å². The largest absolute Gasteiger partial charge is 0.453 e. The Morgan fingerprint density at radius 3 is 2.42 bits per heavy atom. The molecule has 0 spiro atoms. The van der Waals surface area contributed by atoms with Crippen LogP contribution in [0.5, 0.6) is 11.5 Å². The molecule has 1 N–H and O–H groups in total. The van der Waals surface area contributed by atoms with Gasteiger partial charge in [0.05, 0.1) is 27.6 Å². The predicted molar refractivity (Wildman–Crippen MR) is 122 cm³/mol. The van der Waals surface area contributed by atoms with E-state index in [2.05, 4.69) is 5.10 Å². The predicted octanol–water partition coefficient (Wildman–Crippen LogP) is 3.35. The Bertz CT molecular complexity index is 1590. The van der Waals surface area contributed by atoms with E-state index >= 15 is 0 Å². The number of H-pyrrole nitrogens is 1. The van der Waals surface area contributed by atoms with Crippen molar-refractivity contribution >= 4 is 23.2 Å². The van der Waals surface area contributed by atoms with Crippen molar-refractivity contribution in [1.29, 1.82) is 5.26 Å². The highest BCUT2D eigenvalue weighted by Crippen LogP contribution is 2.38. The standard InChI is InChI=1S/C22H13Cl2N5O4/c1-12-4-2-3-5-18(12)28-11-14(6-7-19(28)30)33-20-15(23)8-13(9-16(20)24)29-22(32)26-21(31)17(10-25)27-29/h2-9,11H,1H3,(H,26,31,32). The molecule has 33 heavy (non-hydrogen) atoms. The average molecular weight is 482 g/mol. The number of pyridine rings is 1. The first-order valence-electron chi connectivity index (χ1n) is 9.38. The molecule has 4 rings (SSSR count). The lowest BCUT2D eigenvalue weighted by Crippen LogP contribution is -2.33. The van der Waals surface area contributed by atoms with Crippen LogP contribution in [0.1, 0.15) is 11.3 Å². The fourth-order valence-corrected chi connectivity index (χ4v) is 3.64. The molecule has 0 aliphatic carbocycles. The molecule has 4 aromatic rings. The van der Waals surface area contributed by atoms with Crippen LogP contribution in [0.3, 0.4) is 0 Å². The number of aromatic nitrogens is 4. The third-order valence-electron chi connectivity index (χ3n) is 4.64. The number of para-hydroxylation sites is 1. The number of nitrogens with zero attached hydrogens (tertiary/aromatic N) is 4. The zero-order valence-corrected chi connectivity index (χ0v) is 18.4. The summed E-state index contributed by atoms with van der Waals surface area (Å²) in [7, 11) is 0. The van der Waals surface area contributed by atoms with Crippen LogP contribution in [0.2, 0.25) is 10.0 Å². The topological polar surface area (TPSA) is 123 Å². The minimum atomic E-state index is -0.903. The quantitative estimate of drug-likeness (QED) is 0.476. The van der Waals surface area contributed by atoms with Crippen LogP contribution in [0.25, 0.3) is 11.4 Å². The fourth-order valence-electron chi connectivity index (χ4n) is 3.08. The van der Waals surface area contributed by atoms with Gasteiger partial charge in [0.25, 0.3) is 11.1 Å². The second kappa shape index (κ2) is 8.78. The highest BCUT2D eigenvalue weighted by molar-refractivity contribution is 6.37. The van der Waals surface area contributed by atoms with E-state index in [9.17, 15) is 14.4 Å². The number of benzene rings is 2. The van der Waals surface area contributed by atoms with Crippen LogP contribution < -0.4 is 21.5 Å². The van der Waals surface area contributed by atoms with Gasteiger partial charge >= 0.3 is 5.69 Å². The Balaban J connectivity index is 1.75. The molecule has 0 aliphatic heterocycles. The van der Waals surface area contributed by atoms with E-state index in [1.165, 1.54) is 35.0 Å². The van der Waals surface area contributed by atoms with Gasteiger partial charge in [0.2, 0.25) is 5.69 Å². The number of halogens is 2. The minimum Gasteiger partial charge on any atom is -0.453 e. The lowest BCUT2D eigenvalue weighted by Gasteiger charge is -2.14. The van der Waals surface area contributed by atoms with Crippen molar-refractivity contribution < 1.29 is 4.74 Å². The van der Waals surface area contributed by atoms with E-state index in [-0.39, 0.29) is 27.0 Å². The number of nitrogens with one attached hydrogen (secondary N) is 1. The van der Waals surface area contributed by atoms with E-state index in [1.54, 1.807) is 12.1 Å². The average Bonchev–Trinajstić information content (AvgIpc) is 2.78. The van der Waals surface area contributed by atoms with E-state index in [0.717, 1.165) is 10.2 Å². The minimum absolute atomic E-state index is 0.0320. The smallest absolute Gasteiger partial charge is 0.349 e. The summed E-state index contributed by atoms with van der Waals surface area (Å²) in [6.07, 6.45) is 1.51. The van der Waals surface area contributed by atoms with Crippen molar-refractivity contribution in [2.75, 3.05) is 0 Å². The van der Waals surface area contributed by atoms with Gasteiger partial charge in [0.1, 0.15) is 11.8 Å². The molecule has 2 heterocycles. The van der Waals surface area contributed by atoms with Gasteiger partial charge in [-0.15, -0.1) is 5.10 Å². The van der Waals surface area contributed by atoms with Gasteiger partial charge < -0.3 is 4.74 Å². The van der Waals surface area contributed by atoms with Gasteiger partial charge in [-0.1, -0.05) is 41.4 Å². The molecule has 0 saturated carbocycles. The summed E-state index contributed by atoms with van der Waals surface area (Å²) in [5.41, 5.74) is -0.823.